The van der Waals surface area contributed by atoms with Crippen molar-refractivity contribution in [3.8, 4) is 0 Å². The van der Waals surface area contributed by atoms with Crippen LogP contribution in [0.2, 0.25) is 0 Å². The van der Waals surface area contributed by atoms with Crippen molar-refractivity contribution in [3.05, 3.63) is 29.6 Å². The fraction of sp³-hybridized carbons (Fsp3) is 0.647. The summed E-state index contributed by atoms with van der Waals surface area (Å²) < 4.78 is 7.76. The average Bonchev–Trinajstić information content (AvgIpc) is 2.87. The van der Waals surface area contributed by atoms with Crippen LogP contribution in [0.5, 0.6) is 0 Å². The summed E-state index contributed by atoms with van der Waals surface area (Å²) in [5.41, 5.74) is 2.40. The first-order valence-electron chi connectivity index (χ1n) is 8.34. The molecule has 0 aromatic carbocycles. The number of ether oxygens (including phenoxy) is 1. The molecule has 1 amide bonds. The Bertz CT molecular complexity index is 550. The highest BCUT2D eigenvalue weighted by molar-refractivity contribution is 5.78. The first-order valence-corrected chi connectivity index (χ1v) is 8.34. The quantitative estimate of drug-likeness (QED) is 0.803. The van der Waals surface area contributed by atoms with Gasteiger partial charge in [-0.25, -0.2) is 0 Å². The molecule has 1 aliphatic carbocycles. The van der Waals surface area contributed by atoms with Gasteiger partial charge in [-0.1, -0.05) is 11.6 Å². The number of amides is 1. The molecule has 5 heteroatoms. The second-order valence-electron chi connectivity index (χ2n) is 6.14. The van der Waals surface area contributed by atoms with Gasteiger partial charge in [-0.05, 0) is 38.7 Å². The first kappa shape index (κ1) is 15.3. The Morgan fingerprint density at radius 3 is 3.09 bits per heavy atom. The van der Waals surface area contributed by atoms with Gasteiger partial charge in [0, 0.05) is 25.8 Å². The van der Waals surface area contributed by atoms with E-state index in [0.717, 1.165) is 25.1 Å². The molecule has 0 fully saturated rings. The number of carbonyl (C=O) groups excluding carboxylic acids is 1. The molecule has 0 spiro atoms. The van der Waals surface area contributed by atoms with Crippen LogP contribution in [-0.4, -0.2) is 39.8 Å². The van der Waals surface area contributed by atoms with E-state index in [1.165, 1.54) is 18.4 Å². The highest BCUT2D eigenvalue weighted by atomic mass is 16.5. The van der Waals surface area contributed by atoms with Crippen LogP contribution in [0.4, 0.5) is 0 Å². The van der Waals surface area contributed by atoms with E-state index in [-0.39, 0.29) is 12.0 Å². The maximum Gasteiger partial charge on any atom is 0.227 e. The van der Waals surface area contributed by atoms with E-state index in [4.69, 9.17) is 4.74 Å². The molecular formula is C17H25N3O2. The van der Waals surface area contributed by atoms with Gasteiger partial charge >= 0.3 is 0 Å². The third-order valence-corrected chi connectivity index (χ3v) is 4.48. The van der Waals surface area contributed by atoms with Gasteiger partial charge in [0.2, 0.25) is 5.91 Å². The monoisotopic (exact) mass is 303 g/mol. The molecule has 2 heterocycles. The molecule has 0 radical (unpaired) electrons. The summed E-state index contributed by atoms with van der Waals surface area (Å²) in [5.74, 6) is 0.215. The van der Waals surface area contributed by atoms with Gasteiger partial charge in [0.05, 0.1) is 24.9 Å². The van der Waals surface area contributed by atoms with E-state index < -0.39 is 0 Å². The summed E-state index contributed by atoms with van der Waals surface area (Å²) in [7, 11) is 0. The van der Waals surface area contributed by atoms with Gasteiger partial charge in [0.15, 0.2) is 0 Å². The van der Waals surface area contributed by atoms with Crippen LogP contribution in [-0.2, 0) is 22.6 Å². The number of nitrogens with zero attached hydrogens (tertiary/aromatic N) is 3. The predicted molar refractivity (Wildman–Crippen MR) is 84.2 cm³/mol. The molecule has 1 aromatic rings. The Labute approximate surface area is 131 Å². The Hall–Kier alpha value is -1.62. The van der Waals surface area contributed by atoms with Crippen molar-refractivity contribution in [2.24, 2.45) is 0 Å². The molecule has 1 unspecified atom stereocenters. The van der Waals surface area contributed by atoms with E-state index in [1.807, 2.05) is 22.6 Å². The highest BCUT2D eigenvalue weighted by Gasteiger charge is 2.26. The van der Waals surface area contributed by atoms with Crippen LogP contribution in [0.25, 0.3) is 0 Å². The number of aromatic nitrogens is 2. The standard InChI is InChI=1S/C17H25N3O2/c1-2-22-16-12-19(11-15-8-9-18-20(15)13-16)17(21)10-14-6-4-3-5-7-14/h6,8-9,16H,2-5,7,10-13H2,1H3. The SMILES string of the molecule is CCOC1CN(C(=O)CC2=CCCCC2)Cc2ccnn2C1. The number of rotatable bonds is 4. The van der Waals surface area contributed by atoms with Crippen LogP contribution in [0.15, 0.2) is 23.9 Å². The maximum absolute atomic E-state index is 12.7. The van der Waals surface area contributed by atoms with Gasteiger partial charge in [-0.15, -0.1) is 0 Å². The third kappa shape index (κ3) is 3.58. The van der Waals surface area contributed by atoms with Crippen molar-refractivity contribution in [3.63, 3.8) is 0 Å². The van der Waals surface area contributed by atoms with Crippen molar-refractivity contribution >= 4 is 5.91 Å². The number of hydrogen-bond donors (Lipinski definition) is 0. The van der Waals surface area contributed by atoms with Gasteiger partial charge < -0.3 is 9.64 Å². The van der Waals surface area contributed by atoms with Gasteiger partial charge in [0.1, 0.15) is 0 Å². The highest BCUT2D eigenvalue weighted by Crippen LogP contribution is 2.22. The van der Waals surface area contributed by atoms with Crippen molar-refractivity contribution in [2.45, 2.75) is 58.2 Å². The molecular weight excluding hydrogens is 278 g/mol. The zero-order valence-electron chi connectivity index (χ0n) is 13.3. The molecule has 2 aliphatic rings. The molecule has 3 rings (SSSR count). The summed E-state index contributed by atoms with van der Waals surface area (Å²) in [4.78, 5) is 14.6. The minimum absolute atomic E-state index is 0.0236. The van der Waals surface area contributed by atoms with Gasteiger partial charge in [-0.3, -0.25) is 9.48 Å². The lowest BCUT2D eigenvalue weighted by Crippen LogP contribution is -2.37. The van der Waals surface area contributed by atoms with Crippen LogP contribution in [0.1, 0.15) is 44.7 Å². The van der Waals surface area contributed by atoms with E-state index in [2.05, 4.69) is 11.2 Å². The largest absolute Gasteiger partial charge is 0.375 e. The fourth-order valence-corrected chi connectivity index (χ4v) is 3.32. The summed E-state index contributed by atoms with van der Waals surface area (Å²) in [6.07, 6.45) is 9.31. The molecule has 22 heavy (non-hydrogen) atoms. The molecule has 0 bridgehead atoms. The lowest BCUT2D eigenvalue weighted by molar-refractivity contribution is -0.133. The first-order chi connectivity index (χ1) is 10.8. The summed E-state index contributed by atoms with van der Waals surface area (Å²) >= 11 is 0. The minimum atomic E-state index is 0.0236. The summed E-state index contributed by atoms with van der Waals surface area (Å²) in [6, 6.07) is 1.99. The molecule has 0 saturated carbocycles. The third-order valence-electron chi connectivity index (χ3n) is 4.48. The Morgan fingerprint density at radius 1 is 1.41 bits per heavy atom. The van der Waals surface area contributed by atoms with Crippen LogP contribution >= 0.6 is 0 Å². The zero-order chi connectivity index (χ0) is 15.4. The average molecular weight is 303 g/mol. The lowest BCUT2D eigenvalue weighted by Gasteiger charge is -2.25. The van der Waals surface area contributed by atoms with Crippen molar-refractivity contribution in [2.75, 3.05) is 13.2 Å². The normalized spacial score (nSPS) is 22.0. The number of hydrogen-bond acceptors (Lipinski definition) is 3. The number of fused-ring (bicyclic) bond motifs is 1. The Morgan fingerprint density at radius 2 is 2.32 bits per heavy atom. The topological polar surface area (TPSA) is 47.4 Å². The van der Waals surface area contributed by atoms with E-state index in [1.54, 1.807) is 6.20 Å². The Balaban J connectivity index is 1.71. The van der Waals surface area contributed by atoms with E-state index in [0.29, 0.717) is 26.1 Å². The molecule has 1 aliphatic heterocycles. The minimum Gasteiger partial charge on any atom is -0.375 e. The molecule has 1 atom stereocenters. The fourth-order valence-electron chi connectivity index (χ4n) is 3.32. The van der Waals surface area contributed by atoms with Crippen LogP contribution < -0.4 is 0 Å². The molecule has 0 N–H and O–H groups in total. The van der Waals surface area contributed by atoms with Gasteiger partial charge in [-0.2, -0.15) is 5.10 Å². The molecule has 120 valence electrons. The second kappa shape index (κ2) is 7.09. The molecule has 1 aromatic heterocycles. The molecule has 5 nitrogen and oxygen atoms in total. The summed E-state index contributed by atoms with van der Waals surface area (Å²) in [6.45, 7) is 4.67. The van der Waals surface area contributed by atoms with Crippen molar-refractivity contribution in [1.29, 1.82) is 0 Å². The van der Waals surface area contributed by atoms with E-state index >= 15 is 0 Å². The summed E-state index contributed by atoms with van der Waals surface area (Å²) in [5, 5.41) is 4.35. The number of allylic oxidation sites excluding steroid dienone is 1. The zero-order valence-corrected chi connectivity index (χ0v) is 13.3. The van der Waals surface area contributed by atoms with E-state index in [9.17, 15) is 4.79 Å². The maximum atomic E-state index is 12.7. The van der Waals surface area contributed by atoms with Crippen LogP contribution in [0, 0.1) is 0 Å². The number of carbonyl (C=O) groups is 1. The lowest BCUT2D eigenvalue weighted by atomic mass is 9.97. The Kier molecular flexibility index (Phi) is 4.93. The van der Waals surface area contributed by atoms with Crippen molar-refractivity contribution < 1.29 is 9.53 Å². The van der Waals surface area contributed by atoms with Crippen LogP contribution in [0.3, 0.4) is 0 Å². The predicted octanol–water partition coefficient (Wildman–Crippen LogP) is 2.52. The smallest absolute Gasteiger partial charge is 0.227 e. The van der Waals surface area contributed by atoms with Crippen molar-refractivity contribution in [1.82, 2.24) is 14.7 Å². The van der Waals surface area contributed by atoms with Gasteiger partial charge in [0.25, 0.3) is 0 Å². The molecule has 0 saturated heterocycles. The second-order valence-corrected chi connectivity index (χ2v) is 6.14.